The topological polar surface area (TPSA) is 61.0 Å². The largest absolute Gasteiger partial charge is 0.459 e. The highest BCUT2D eigenvalue weighted by Crippen LogP contribution is 2.12. The summed E-state index contributed by atoms with van der Waals surface area (Å²) in [6, 6.07) is 7.49. The third kappa shape index (κ3) is 3.07. The van der Waals surface area contributed by atoms with Crippen LogP contribution in [0.4, 0.5) is 10.2 Å². The van der Waals surface area contributed by atoms with E-state index in [0.29, 0.717) is 6.61 Å². The molecule has 0 aliphatic carbocycles. The van der Waals surface area contributed by atoms with Gasteiger partial charge in [-0.2, -0.15) is 4.98 Å². The lowest BCUT2D eigenvalue weighted by molar-refractivity contribution is 0.280. The summed E-state index contributed by atoms with van der Waals surface area (Å²) in [6.45, 7) is 0.291. The summed E-state index contributed by atoms with van der Waals surface area (Å²) in [5, 5.41) is 0. The van der Waals surface area contributed by atoms with E-state index in [1.54, 1.807) is 0 Å². The molecular formula is C11H10FN3OS. The Hall–Kier alpha value is -1.82. The lowest BCUT2D eigenvalue weighted by Crippen LogP contribution is -2.03. The van der Waals surface area contributed by atoms with Gasteiger partial charge in [-0.15, -0.1) is 12.6 Å². The van der Waals surface area contributed by atoms with Crippen LogP contribution < -0.4 is 10.5 Å². The fourth-order valence-electron chi connectivity index (χ4n) is 1.17. The minimum Gasteiger partial charge on any atom is -0.459 e. The Balaban J connectivity index is 2.02. The summed E-state index contributed by atoms with van der Waals surface area (Å²) in [5.74, 6) is -0.877. The number of halogens is 1. The first kappa shape index (κ1) is 11.7. The normalized spacial score (nSPS) is 10.2. The SMILES string of the molecule is Nc1nc(OCc2ccc(S)cc2)ncc1F. The van der Waals surface area contributed by atoms with Crippen molar-refractivity contribution < 1.29 is 9.13 Å². The molecule has 1 aromatic heterocycles. The molecule has 0 saturated carbocycles. The fourth-order valence-corrected chi connectivity index (χ4v) is 1.32. The third-order valence-electron chi connectivity index (χ3n) is 2.05. The van der Waals surface area contributed by atoms with Gasteiger partial charge in [-0.25, -0.2) is 9.37 Å². The number of hydrogen-bond donors (Lipinski definition) is 2. The average molecular weight is 251 g/mol. The van der Waals surface area contributed by atoms with Gasteiger partial charge in [0.25, 0.3) is 0 Å². The molecule has 0 bridgehead atoms. The molecule has 17 heavy (non-hydrogen) atoms. The van der Waals surface area contributed by atoms with Gasteiger partial charge in [-0.1, -0.05) is 12.1 Å². The van der Waals surface area contributed by atoms with E-state index in [0.717, 1.165) is 16.7 Å². The van der Waals surface area contributed by atoms with Crippen LogP contribution in [-0.4, -0.2) is 9.97 Å². The monoisotopic (exact) mass is 251 g/mol. The molecule has 0 aliphatic heterocycles. The quantitative estimate of drug-likeness (QED) is 0.820. The summed E-state index contributed by atoms with van der Waals surface area (Å²) < 4.78 is 18.1. The molecule has 0 atom stereocenters. The number of nitrogen functional groups attached to an aromatic ring is 1. The van der Waals surface area contributed by atoms with Gasteiger partial charge in [0, 0.05) is 4.90 Å². The van der Waals surface area contributed by atoms with Crippen molar-refractivity contribution in [2.45, 2.75) is 11.5 Å². The van der Waals surface area contributed by atoms with E-state index in [1.807, 2.05) is 24.3 Å². The number of thiol groups is 1. The van der Waals surface area contributed by atoms with Crippen molar-refractivity contribution in [2.24, 2.45) is 0 Å². The molecule has 0 radical (unpaired) electrons. The molecule has 4 nitrogen and oxygen atoms in total. The van der Waals surface area contributed by atoms with E-state index in [1.165, 1.54) is 0 Å². The zero-order valence-electron chi connectivity index (χ0n) is 8.80. The lowest BCUT2D eigenvalue weighted by Gasteiger charge is -2.05. The van der Waals surface area contributed by atoms with E-state index in [9.17, 15) is 4.39 Å². The van der Waals surface area contributed by atoms with Crippen LogP contribution in [0.1, 0.15) is 5.56 Å². The van der Waals surface area contributed by atoms with Gasteiger partial charge in [0.15, 0.2) is 11.6 Å². The molecule has 1 aromatic carbocycles. The zero-order valence-corrected chi connectivity index (χ0v) is 9.69. The third-order valence-corrected chi connectivity index (χ3v) is 2.35. The maximum atomic E-state index is 12.8. The minimum absolute atomic E-state index is 0.0545. The summed E-state index contributed by atoms with van der Waals surface area (Å²) in [6.07, 6.45) is 0.981. The minimum atomic E-state index is -0.656. The number of ether oxygens (including phenoxy) is 1. The second-order valence-corrected chi connectivity index (χ2v) is 3.86. The molecule has 6 heteroatoms. The standard InChI is InChI=1S/C11H10FN3OS/c12-9-5-14-11(15-10(9)13)16-6-7-1-3-8(17)4-2-7/h1-5,17H,6H2,(H2,13,14,15). The predicted octanol–water partition coefficient (Wildman–Crippen LogP) is 2.07. The van der Waals surface area contributed by atoms with Crippen molar-refractivity contribution in [1.29, 1.82) is 0 Å². The molecule has 2 aromatic rings. The Bertz CT molecular complexity index is 519. The van der Waals surface area contributed by atoms with Gasteiger partial charge in [0.05, 0.1) is 6.20 Å². The molecule has 0 saturated heterocycles. The number of nitrogens with two attached hydrogens (primary N) is 1. The number of benzene rings is 1. The molecule has 1 heterocycles. The molecular weight excluding hydrogens is 241 g/mol. The molecule has 0 unspecified atom stereocenters. The van der Waals surface area contributed by atoms with E-state index in [4.69, 9.17) is 10.5 Å². The Labute approximate surface area is 103 Å². The molecule has 0 spiro atoms. The number of aromatic nitrogens is 2. The first-order chi connectivity index (χ1) is 8.15. The second kappa shape index (κ2) is 5.01. The average Bonchev–Trinajstić information content (AvgIpc) is 2.33. The fraction of sp³-hybridized carbons (Fsp3) is 0.0909. The van der Waals surface area contributed by atoms with Crippen LogP contribution in [0.5, 0.6) is 6.01 Å². The van der Waals surface area contributed by atoms with Crippen molar-refractivity contribution in [3.05, 3.63) is 41.8 Å². The van der Waals surface area contributed by atoms with Crippen LogP contribution in [-0.2, 0) is 6.61 Å². The van der Waals surface area contributed by atoms with Crippen LogP contribution in [0, 0.1) is 5.82 Å². The number of nitrogens with zero attached hydrogens (tertiary/aromatic N) is 2. The first-order valence-electron chi connectivity index (χ1n) is 4.84. The summed E-state index contributed by atoms with van der Waals surface area (Å²) >= 11 is 4.17. The Kier molecular flexibility index (Phi) is 3.43. The Morgan fingerprint density at radius 2 is 2.00 bits per heavy atom. The maximum Gasteiger partial charge on any atom is 0.318 e. The van der Waals surface area contributed by atoms with Gasteiger partial charge in [-0.05, 0) is 17.7 Å². The number of anilines is 1. The van der Waals surface area contributed by atoms with E-state index in [2.05, 4.69) is 22.6 Å². The van der Waals surface area contributed by atoms with Crippen molar-refractivity contribution in [3.8, 4) is 6.01 Å². The van der Waals surface area contributed by atoms with Crippen LogP contribution in [0.3, 0.4) is 0 Å². The van der Waals surface area contributed by atoms with Gasteiger partial charge in [-0.3, -0.25) is 0 Å². The molecule has 0 fully saturated rings. The van der Waals surface area contributed by atoms with Crippen molar-refractivity contribution in [2.75, 3.05) is 5.73 Å². The summed E-state index contributed by atoms with van der Waals surface area (Å²) in [4.78, 5) is 8.20. The molecule has 2 rings (SSSR count). The van der Waals surface area contributed by atoms with E-state index < -0.39 is 5.82 Å². The van der Waals surface area contributed by atoms with Crippen LogP contribution in [0.25, 0.3) is 0 Å². The van der Waals surface area contributed by atoms with Crippen molar-refractivity contribution in [1.82, 2.24) is 9.97 Å². The van der Waals surface area contributed by atoms with E-state index >= 15 is 0 Å². The summed E-state index contributed by atoms with van der Waals surface area (Å²) in [5.41, 5.74) is 6.23. The zero-order chi connectivity index (χ0) is 12.3. The lowest BCUT2D eigenvalue weighted by atomic mass is 10.2. The Morgan fingerprint density at radius 3 is 2.65 bits per heavy atom. The van der Waals surface area contributed by atoms with Gasteiger partial charge in [0.1, 0.15) is 6.61 Å². The molecule has 0 aliphatic rings. The van der Waals surface area contributed by atoms with Crippen molar-refractivity contribution in [3.63, 3.8) is 0 Å². The molecule has 2 N–H and O–H groups in total. The van der Waals surface area contributed by atoms with Crippen LogP contribution >= 0.6 is 12.6 Å². The van der Waals surface area contributed by atoms with E-state index in [-0.39, 0.29) is 11.8 Å². The van der Waals surface area contributed by atoms with Crippen LogP contribution in [0.2, 0.25) is 0 Å². The number of hydrogen-bond acceptors (Lipinski definition) is 5. The molecule has 0 amide bonds. The highest BCUT2D eigenvalue weighted by molar-refractivity contribution is 7.80. The van der Waals surface area contributed by atoms with Crippen LogP contribution in [0.15, 0.2) is 35.4 Å². The number of rotatable bonds is 3. The molecule has 88 valence electrons. The summed E-state index contributed by atoms with van der Waals surface area (Å²) in [7, 11) is 0. The van der Waals surface area contributed by atoms with Gasteiger partial charge < -0.3 is 10.5 Å². The highest BCUT2D eigenvalue weighted by Gasteiger charge is 2.04. The maximum absolute atomic E-state index is 12.8. The second-order valence-electron chi connectivity index (χ2n) is 3.34. The van der Waals surface area contributed by atoms with Crippen molar-refractivity contribution >= 4 is 18.4 Å². The van der Waals surface area contributed by atoms with Gasteiger partial charge >= 0.3 is 6.01 Å². The first-order valence-corrected chi connectivity index (χ1v) is 5.28. The Morgan fingerprint density at radius 1 is 1.29 bits per heavy atom. The highest BCUT2D eigenvalue weighted by atomic mass is 32.1. The predicted molar refractivity (Wildman–Crippen MR) is 64.4 cm³/mol. The smallest absolute Gasteiger partial charge is 0.318 e. The van der Waals surface area contributed by atoms with Gasteiger partial charge in [0.2, 0.25) is 0 Å².